The van der Waals surface area contributed by atoms with Crippen molar-refractivity contribution in [3.63, 3.8) is 0 Å². The van der Waals surface area contributed by atoms with Crippen molar-refractivity contribution in [2.75, 3.05) is 47.7 Å². The van der Waals surface area contributed by atoms with Crippen molar-refractivity contribution in [2.24, 2.45) is 0 Å². The smallest absolute Gasteiger partial charge is 0.420 e. The van der Waals surface area contributed by atoms with E-state index in [1.165, 1.54) is 36.2 Å². The summed E-state index contributed by atoms with van der Waals surface area (Å²) in [5, 5.41) is 5.65. The SMILES string of the molecule is CCc1cc(NC(=O)N2CCc3cc(OC)c(C(F)(F)F)cc32)cc(-c2cccnc2)c1.COc1cc2c(cc1C(F)(F)F)N(C(=O)Nc1cccc(-c3cnccc3C)c1)CC2. The molecular formula is C47H42F6N6O4. The molecule has 4 aromatic carbocycles. The van der Waals surface area contributed by atoms with E-state index in [4.69, 9.17) is 9.47 Å². The van der Waals surface area contributed by atoms with Crippen molar-refractivity contribution in [3.05, 3.63) is 143 Å². The molecule has 0 saturated heterocycles. The lowest BCUT2D eigenvalue weighted by molar-refractivity contribution is -0.139. The van der Waals surface area contributed by atoms with Gasteiger partial charge in [0.15, 0.2) is 0 Å². The average molecular weight is 869 g/mol. The molecular weight excluding hydrogens is 827 g/mol. The first-order chi connectivity index (χ1) is 30.1. The van der Waals surface area contributed by atoms with Crippen molar-refractivity contribution in [1.29, 1.82) is 0 Å². The number of hydrogen-bond donors (Lipinski definition) is 2. The van der Waals surface area contributed by atoms with Gasteiger partial charge >= 0.3 is 24.4 Å². The monoisotopic (exact) mass is 868 g/mol. The van der Waals surface area contributed by atoms with Crippen LogP contribution in [0.25, 0.3) is 22.3 Å². The quantitative estimate of drug-likeness (QED) is 0.155. The van der Waals surface area contributed by atoms with Crippen LogP contribution in [-0.4, -0.2) is 49.3 Å². The molecule has 2 aliphatic rings. The zero-order valence-corrected chi connectivity index (χ0v) is 34.6. The number of hydrogen-bond acceptors (Lipinski definition) is 6. The Morgan fingerprint density at radius 2 is 1.21 bits per heavy atom. The summed E-state index contributed by atoms with van der Waals surface area (Å²) >= 11 is 0. The molecule has 0 fully saturated rings. The lowest BCUT2D eigenvalue weighted by atomic mass is 10.0. The van der Waals surface area contributed by atoms with Crippen LogP contribution in [0.4, 0.5) is 58.7 Å². The summed E-state index contributed by atoms with van der Waals surface area (Å²) in [5.74, 6) is -0.483. The summed E-state index contributed by atoms with van der Waals surface area (Å²) < 4.78 is 90.5. The third kappa shape index (κ3) is 9.69. The number of alkyl halides is 6. The standard InChI is InChI=1S/C24H22F3N3O2.C23H20F3N3O2/c1-3-15-9-18(17-5-4-7-28-14-17)11-19(10-15)29-23(31)30-8-6-16-12-22(32-2)20(13-21(16)30)24(25,26)27;1-14-6-8-27-13-18(14)15-4-3-5-17(10-15)28-22(30)29-9-7-16-11-21(31-2)19(12-20(16)29)23(24,25)26/h4-5,7,9-14H,3,6,8H2,1-2H3,(H,29,31);3-6,8,10-13H,7,9H2,1-2H3,(H,28,30). The summed E-state index contributed by atoms with van der Waals surface area (Å²) in [6.07, 6.45) is -0.621. The van der Waals surface area contributed by atoms with Gasteiger partial charge in [0, 0.05) is 71.8 Å². The normalized spacial score (nSPS) is 13.1. The van der Waals surface area contributed by atoms with Crippen molar-refractivity contribution in [3.8, 4) is 33.8 Å². The van der Waals surface area contributed by atoms with Gasteiger partial charge in [0.25, 0.3) is 0 Å². The minimum absolute atomic E-state index is 0.240. The average Bonchev–Trinajstić information content (AvgIpc) is 3.89. The zero-order valence-electron chi connectivity index (χ0n) is 34.6. The second-order valence-electron chi connectivity index (χ2n) is 14.8. The number of nitrogens with one attached hydrogen (secondary N) is 2. The van der Waals surface area contributed by atoms with E-state index >= 15 is 0 Å². The molecule has 0 radical (unpaired) electrons. The van der Waals surface area contributed by atoms with Gasteiger partial charge in [-0.3, -0.25) is 19.8 Å². The lowest BCUT2D eigenvalue weighted by Crippen LogP contribution is -2.33. The molecule has 0 atom stereocenters. The zero-order chi connectivity index (χ0) is 45.1. The number of pyridine rings is 2. The Morgan fingerprint density at radius 1 is 0.651 bits per heavy atom. The van der Waals surface area contributed by atoms with Crippen LogP contribution in [0.15, 0.2) is 110 Å². The molecule has 2 N–H and O–H groups in total. The Hall–Kier alpha value is -7.10. The van der Waals surface area contributed by atoms with Crippen LogP contribution in [0.1, 0.15) is 40.3 Å². The van der Waals surface area contributed by atoms with Crippen LogP contribution in [0, 0.1) is 6.92 Å². The number of amides is 4. The first-order valence-corrected chi connectivity index (χ1v) is 19.9. The summed E-state index contributed by atoms with van der Waals surface area (Å²) in [7, 11) is 2.41. The number of aryl methyl sites for hydroxylation is 2. The molecule has 2 aromatic heterocycles. The molecule has 16 heteroatoms. The largest absolute Gasteiger partial charge is 0.496 e. The molecule has 6 aromatic rings. The summed E-state index contributed by atoms with van der Waals surface area (Å²) in [5.41, 5.74) is 6.78. The predicted molar refractivity (Wildman–Crippen MR) is 230 cm³/mol. The lowest BCUT2D eigenvalue weighted by Gasteiger charge is -2.21. The molecule has 2 aliphatic heterocycles. The number of ether oxygens (including phenoxy) is 2. The predicted octanol–water partition coefficient (Wildman–Crippen LogP) is 11.6. The van der Waals surface area contributed by atoms with E-state index in [-0.39, 0.29) is 36.0 Å². The molecule has 0 spiro atoms. The van der Waals surface area contributed by atoms with Gasteiger partial charge in [-0.15, -0.1) is 0 Å². The van der Waals surface area contributed by atoms with Crippen LogP contribution < -0.4 is 29.9 Å². The summed E-state index contributed by atoms with van der Waals surface area (Å²) in [4.78, 5) is 36.9. The molecule has 0 saturated carbocycles. The number of fused-ring (bicyclic) bond motifs is 2. The minimum Gasteiger partial charge on any atom is -0.496 e. The number of methoxy groups -OCH3 is 2. The fraction of sp³-hybridized carbons (Fsp3) is 0.234. The Balaban J connectivity index is 0.000000189. The highest BCUT2D eigenvalue weighted by Crippen LogP contribution is 2.44. The molecule has 0 bridgehead atoms. The molecule has 8 rings (SSSR count). The van der Waals surface area contributed by atoms with Crippen molar-refractivity contribution in [1.82, 2.24) is 9.97 Å². The van der Waals surface area contributed by atoms with Gasteiger partial charge in [0.05, 0.1) is 25.3 Å². The Bertz CT molecular complexity index is 2660. The van der Waals surface area contributed by atoms with Crippen molar-refractivity contribution in [2.45, 2.75) is 45.5 Å². The Kier molecular flexibility index (Phi) is 12.6. The molecule has 0 aliphatic carbocycles. The Labute approximate surface area is 359 Å². The van der Waals surface area contributed by atoms with Crippen molar-refractivity contribution >= 4 is 34.8 Å². The number of benzene rings is 4. The van der Waals surface area contributed by atoms with E-state index in [1.807, 2.05) is 68.4 Å². The van der Waals surface area contributed by atoms with Gasteiger partial charge in [-0.1, -0.05) is 31.2 Å². The van der Waals surface area contributed by atoms with Crippen LogP contribution in [0.2, 0.25) is 0 Å². The highest BCUT2D eigenvalue weighted by molar-refractivity contribution is 6.04. The van der Waals surface area contributed by atoms with E-state index in [0.717, 1.165) is 51.9 Å². The second-order valence-corrected chi connectivity index (χ2v) is 14.8. The van der Waals surface area contributed by atoms with Crippen LogP contribution >= 0.6 is 0 Å². The fourth-order valence-electron chi connectivity index (χ4n) is 7.61. The van der Waals surface area contributed by atoms with Gasteiger partial charge in [-0.25, -0.2) is 9.59 Å². The minimum atomic E-state index is -4.58. The van der Waals surface area contributed by atoms with E-state index in [9.17, 15) is 35.9 Å². The molecule has 4 amide bonds. The molecule has 4 heterocycles. The van der Waals surface area contributed by atoms with Gasteiger partial charge in [0.2, 0.25) is 0 Å². The topological polar surface area (TPSA) is 109 Å². The maximum Gasteiger partial charge on any atom is 0.420 e. The first-order valence-electron chi connectivity index (χ1n) is 19.9. The molecule has 326 valence electrons. The summed E-state index contributed by atoms with van der Waals surface area (Å²) in [6.45, 7) is 4.55. The maximum absolute atomic E-state index is 13.5. The first kappa shape index (κ1) is 44.0. The van der Waals surface area contributed by atoms with Crippen LogP contribution in [0.3, 0.4) is 0 Å². The highest BCUT2D eigenvalue weighted by atomic mass is 19.4. The number of anilines is 4. The van der Waals surface area contributed by atoms with Gasteiger partial charge < -0.3 is 20.1 Å². The third-order valence-corrected chi connectivity index (χ3v) is 10.8. The van der Waals surface area contributed by atoms with Gasteiger partial charge in [0.1, 0.15) is 11.5 Å². The van der Waals surface area contributed by atoms with Gasteiger partial charge in [-0.05, 0) is 120 Å². The number of nitrogens with zero attached hydrogens (tertiary/aromatic N) is 4. The highest BCUT2D eigenvalue weighted by Gasteiger charge is 2.39. The van der Waals surface area contributed by atoms with E-state index in [0.29, 0.717) is 35.3 Å². The summed E-state index contributed by atoms with van der Waals surface area (Å²) in [6, 6.07) is 22.4. The molecule has 63 heavy (non-hydrogen) atoms. The van der Waals surface area contributed by atoms with Crippen molar-refractivity contribution < 1.29 is 45.4 Å². The fourth-order valence-corrected chi connectivity index (χ4v) is 7.61. The Morgan fingerprint density at radius 3 is 1.73 bits per heavy atom. The van der Waals surface area contributed by atoms with Crippen LogP contribution in [-0.2, 0) is 31.6 Å². The van der Waals surface area contributed by atoms with E-state index in [2.05, 4.69) is 20.6 Å². The van der Waals surface area contributed by atoms with E-state index < -0.39 is 35.5 Å². The molecule has 0 unspecified atom stereocenters. The number of halogens is 6. The van der Waals surface area contributed by atoms with Crippen LogP contribution in [0.5, 0.6) is 11.5 Å². The second kappa shape index (κ2) is 18.1. The number of aromatic nitrogens is 2. The number of carbonyl (C=O) groups is 2. The number of urea groups is 2. The van der Waals surface area contributed by atoms with Gasteiger partial charge in [-0.2, -0.15) is 26.3 Å². The molecule has 10 nitrogen and oxygen atoms in total. The third-order valence-electron chi connectivity index (χ3n) is 10.8. The number of rotatable bonds is 7. The van der Waals surface area contributed by atoms with E-state index in [1.54, 1.807) is 30.9 Å². The maximum atomic E-state index is 13.5. The number of carbonyl (C=O) groups excluding carboxylic acids is 2.